The number of carbonyl (C=O) groups is 1. The quantitative estimate of drug-likeness (QED) is 0.307. The first-order valence-electron chi connectivity index (χ1n) is 11.9. The minimum atomic E-state index is -5.02. The molecule has 3 N–H and O–H groups in total. The van der Waals surface area contributed by atoms with E-state index in [2.05, 4.69) is 25.8 Å². The van der Waals surface area contributed by atoms with Gasteiger partial charge < -0.3 is 15.7 Å². The molecule has 1 saturated heterocycles. The van der Waals surface area contributed by atoms with Crippen molar-refractivity contribution in [2.45, 2.75) is 63.4 Å². The van der Waals surface area contributed by atoms with Gasteiger partial charge in [-0.15, -0.1) is 5.10 Å². The number of nitrogens with zero attached hydrogens (tertiary/aromatic N) is 6. The number of aliphatic hydroxyl groups excluding tert-OH is 1. The maximum atomic E-state index is 13.1. The van der Waals surface area contributed by atoms with Crippen molar-refractivity contribution in [3.8, 4) is 11.4 Å². The van der Waals surface area contributed by atoms with Crippen molar-refractivity contribution in [3.05, 3.63) is 45.6 Å². The van der Waals surface area contributed by atoms with Crippen LogP contribution in [0.3, 0.4) is 0 Å². The topological polar surface area (TPSA) is 132 Å². The van der Waals surface area contributed by atoms with Gasteiger partial charge in [0.25, 0.3) is 0 Å². The number of carbonyl (C=O) groups excluding carboxylic acids is 1. The number of halogens is 7. The van der Waals surface area contributed by atoms with E-state index in [1.807, 2.05) is 0 Å². The largest absolute Gasteiger partial charge is 0.416 e. The zero-order valence-corrected chi connectivity index (χ0v) is 21.3. The first-order valence-corrected chi connectivity index (χ1v) is 12.3. The van der Waals surface area contributed by atoms with E-state index in [0.717, 1.165) is 9.36 Å². The molecule has 40 heavy (non-hydrogen) atoms. The number of hydrogen-bond donors (Lipinski definition) is 3. The lowest BCUT2D eigenvalue weighted by Gasteiger charge is -2.15. The summed E-state index contributed by atoms with van der Waals surface area (Å²) in [6.07, 6.45) is -12.8. The zero-order chi connectivity index (χ0) is 29.2. The summed E-state index contributed by atoms with van der Waals surface area (Å²) in [5, 5.41) is 23.6. The second-order valence-electron chi connectivity index (χ2n) is 9.06. The van der Waals surface area contributed by atoms with Gasteiger partial charge in [-0.2, -0.15) is 36.4 Å². The first-order chi connectivity index (χ1) is 18.7. The lowest BCUT2D eigenvalue weighted by molar-refractivity contribution is -0.207. The van der Waals surface area contributed by atoms with Gasteiger partial charge in [-0.1, -0.05) is 11.6 Å². The fourth-order valence-corrected chi connectivity index (χ4v) is 4.08. The number of aryl methyl sites for hydroxylation is 1. The van der Waals surface area contributed by atoms with Gasteiger partial charge in [-0.05, 0) is 30.7 Å². The zero-order valence-electron chi connectivity index (χ0n) is 20.5. The van der Waals surface area contributed by atoms with E-state index >= 15 is 0 Å². The van der Waals surface area contributed by atoms with Crippen LogP contribution >= 0.6 is 11.6 Å². The van der Waals surface area contributed by atoms with Crippen molar-refractivity contribution in [2.75, 3.05) is 11.9 Å². The molecule has 1 aromatic carbocycles. The van der Waals surface area contributed by atoms with Crippen LogP contribution in [0.25, 0.3) is 11.4 Å². The van der Waals surface area contributed by atoms with Crippen molar-refractivity contribution in [3.63, 3.8) is 0 Å². The van der Waals surface area contributed by atoms with Crippen molar-refractivity contribution >= 4 is 23.5 Å². The number of aromatic nitrogens is 6. The van der Waals surface area contributed by atoms with Crippen LogP contribution in [0.1, 0.15) is 25.1 Å². The molecule has 11 nitrogen and oxygen atoms in total. The molecular formula is C22H23ClF6N8O3. The molecule has 3 aromatic rings. The Kier molecular flexibility index (Phi) is 8.44. The van der Waals surface area contributed by atoms with Crippen molar-refractivity contribution < 1.29 is 36.2 Å². The number of hydrogen-bond acceptors (Lipinski definition) is 7. The van der Waals surface area contributed by atoms with Gasteiger partial charge in [0.1, 0.15) is 6.54 Å². The molecule has 0 unspecified atom stereocenters. The summed E-state index contributed by atoms with van der Waals surface area (Å²) >= 11 is 5.87. The molecule has 0 radical (unpaired) electrons. The van der Waals surface area contributed by atoms with E-state index in [0.29, 0.717) is 22.4 Å². The maximum absolute atomic E-state index is 13.1. The monoisotopic (exact) mass is 596 g/mol. The highest BCUT2D eigenvalue weighted by atomic mass is 35.5. The van der Waals surface area contributed by atoms with Crippen molar-refractivity contribution in [1.29, 1.82) is 0 Å². The summed E-state index contributed by atoms with van der Waals surface area (Å²) in [6.45, 7) is -2.11. The van der Waals surface area contributed by atoms with E-state index in [4.69, 9.17) is 11.6 Å². The number of aliphatic hydroxyl groups is 1. The average Bonchev–Trinajstić information content (AvgIpc) is 3.54. The summed E-state index contributed by atoms with van der Waals surface area (Å²) in [5.74, 6) is -0.575. The molecule has 2 atom stereocenters. The highest BCUT2D eigenvalue weighted by Gasteiger charge is 2.39. The molecule has 18 heteroatoms. The average molecular weight is 597 g/mol. The van der Waals surface area contributed by atoms with Crippen molar-refractivity contribution in [1.82, 2.24) is 34.4 Å². The number of benzene rings is 1. The number of rotatable bonds is 10. The smallest absolute Gasteiger partial charge is 0.382 e. The van der Waals surface area contributed by atoms with Gasteiger partial charge in [0.15, 0.2) is 17.8 Å². The lowest BCUT2D eigenvalue weighted by Crippen LogP contribution is -2.37. The molecule has 0 bridgehead atoms. The molecule has 0 spiro atoms. The Morgan fingerprint density at radius 3 is 2.40 bits per heavy atom. The van der Waals surface area contributed by atoms with E-state index in [1.165, 1.54) is 24.3 Å². The Hall–Kier alpha value is -3.60. The molecule has 2 aromatic heterocycles. The Morgan fingerprint density at radius 2 is 1.80 bits per heavy atom. The lowest BCUT2D eigenvalue weighted by atomic mass is 10.2. The van der Waals surface area contributed by atoms with Gasteiger partial charge in [-0.25, -0.2) is 14.2 Å². The summed E-state index contributed by atoms with van der Waals surface area (Å²) in [5.41, 5.74) is -0.817. The third-order valence-electron chi connectivity index (χ3n) is 5.96. The molecule has 0 saturated carbocycles. The number of alkyl halides is 6. The summed E-state index contributed by atoms with van der Waals surface area (Å²) in [4.78, 5) is 28.7. The highest BCUT2D eigenvalue weighted by molar-refractivity contribution is 6.30. The van der Waals surface area contributed by atoms with E-state index < -0.39 is 50.2 Å². The van der Waals surface area contributed by atoms with Gasteiger partial charge in [0.2, 0.25) is 11.9 Å². The Bertz CT molecular complexity index is 1400. The molecule has 1 amide bonds. The SMILES string of the molecule is O=C1CC[C@H](CNc2nc(Cn3nc(-c4ccc(Cl)cc4)n(C[C@H](O)C(F)(F)F)c3=O)nn2CCC(F)(F)F)N1. The van der Waals surface area contributed by atoms with Crippen LogP contribution in [-0.2, 0) is 24.4 Å². The fourth-order valence-electron chi connectivity index (χ4n) is 3.95. The van der Waals surface area contributed by atoms with Gasteiger partial charge in [-0.3, -0.25) is 9.36 Å². The fraction of sp³-hybridized carbons (Fsp3) is 0.500. The van der Waals surface area contributed by atoms with Crippen LogP contribution in [0.15, 0.2) is 29.1 Å². The van der Waals surface area contributed by atoms with Crippen LogP contribution in [0, 0.1) is 0 Å². The molecule has 0 aliphatic carbocycles. The third kappa shape index (κ3) is 7.32. The van der Waals surface area contributed by atoms with E-state index in [1.54, 1.807) is 0 Å². The van der Waals surface area contributed by atoms with Crippen molar-refractivity contribution in [2.24, 2.45) is 0 Å². The molecule has 1 aliphatic heterocycles. The van der Waals surface area contributed by atoms with Crippen LogP contribution < -0.4 is 16.3 Å². The number of nitrogens with one attached hydrogen (secondary N) is 2. The normalized spacial score (nSPS) is 16.8. The second kappa shape index (κ2) is 11.5. The third-order valence-corrected chi connectivity index (χ3v) is 6.22. The Balaban J connectivity index is 1.64. The van der Waals surface area contributed by atoms with Crippen LogP contribution in [0.5, 0.6) is 0 Å². The van der Waals surface area contributed by atoms with Gasteiger partial charge >= 0.3 is 18.0 Å². The number of anilines is 1. The predicted octanol–water partition coefficient (Wildman–Crippen LogP) is 2.57. The first kappa shape index (κ1) is 29.4. The Labute approximate surface area is 226 Å². The molecule has 218 valence electrons. The second-order valence-corrected chi connectivity index (χ2v) is 9.50. The minimum Gasteiger partial charge on any atom is -0.382 e. The molecule has 3 heterocycles. The highest BCUT2D eigenvalue weighted by Crippen LogP contribution is 2.25. The maximum Gasteiger partial charge on any atom is 0.416 e. The number of amides is 1. The summed E-state index contributed by atoms with van der Waals surface area (Å²) < 4.78 is 80.2. The molecule has 1 fully saturated rings. The molecule has 1 aliphatic rings. The summed E-state index contributed by atoms with van der Waals surface area (Å²) in [7, 11) is 0. The Morgan fingerprint density at radius 1 is 1.10 bits per heavy atom. The van der Waals surface area contributed by atoms with Gasteiger partial charge in [0, 0.05) is 29.6 Å². The van der Waals surface area contributed by atoms with Crippen LogP contribution in [0.2, 0.25) is 5.02 Å². The molecular weight excluding hydrogens is 574 g/mol. The molecule has 4 rings (SSSR count). The van der Waals surface area contributed by atoms with Crippen LogP contribution in [0.4, 0.5) is 32.3 Å². The van der Waals surface area contributed by atoms with E-state index in [-0.39, 0.29) is 41.7 Å². The van der Waals surface area contributed by atoms with E-state index in [9.17, 15) is 41.0 Å². The standard InChI is InChI=1S/C22H23ClF6N8O3/c23-13-3-1-12(2-4-13)18-34-37(20(40)35(18)10-15(38)22(27,28)29)11-16-32-19(30-9-14-5-6-17(39)31-14)36(33-16)8-7-21(24,25)26/h1-4,14-15,38H,5-11H2,(H,31,39)(H,30,32,33)/t14-,15+/m1/s1. The van der Waals surface area contributed by atoms with Crippen LogP contribution in [-0.4, -0.2) is 71.2 Å². The minimum absolute atomic E-state index is 0.0571. The van der Waals surface area contributed by atoms with Gasteiger partial charge in [0.05, 0.1) is 19.5 Å². The predicted molar refractivity (Wildman–Crippen MR) is 128 cm³/mol. The summed E-state index contributed by atoms with van der Waals surface area (Å²) in [6, 6.07) is 5.42.